The van der Waals surface area contributed by atoms with Crippen LogP contribution >= 0.6 is 0 Å². The van der Waals surface area contributed by atoms with Gasteiger partial charge in [-0.05, 0) is 36.6 Å². The molecule has 0 bridgehead atoms. The number of ether oxygens (including phenoxy) is 2. The van der Waals surface area contributed by atoms with Crippen molar-refractivity contribution in [1.29, 1.82) is 0 Å². The molecule has 0 atom stereocenters. The molecule has 0 saturated heterocycles. The van der Waals surface area contributed by atoms with Crippen molar-refractivity contribution in [3.63, 3.8) is 0 Å². The molecule has 1 aliphatic carbocycles. The average Bonchev–Trinajstić information content (AvgIpc) is 2.41. The van der Waals surface area contributed by atoms with Gasteiger partial charge in [-0.2, -0.15) is 0 Å². The van der Waals surface area contributed by atoms with Crippen LogP contribution in [-0.2, 0) is 9.47 Å². The maximum Gasteiger partial charge on any atom is 0.116 e. The average molecular weight is 208 g/mol. The van der Waals surface area contributed by atoms with Gasteiger partial charge in [0.05, 0.1) is 19.5 Å². The maximum absolute atomic E-state index is 5.53. The first kappa shape index (κ1) is 11.9. The Bertz CT molecular complexity index is 296. The second-order valence-electron chi connectivity index (χ2n) is 3.86. The van der Waals surface area contributed by atoms with Gasteiger partial charge in [0.25, 0.3) is 0 Å². The van der Waals surface area contributed by atoms with Crippen molar-refractivity contribution >= 4 is 0 Å². The second-order valence-corrected chi connectivity index (χ2v) is 3.86. The summed E-state index contributed by atoms with van der Waals surface area (Å²) in [5.41, 5.74) is 1.25. The highest BCUT2D eigenvalue weighted by molar-refractivity contribution is 5.34. The molecule has 1 rings (SSSR count). The Morgan fingerprint density at radius 1 is 1.33 bits per heavy atom. The summed E-state index contributed by atoms with van der Waals surface area (Å²) < 4.78 is 10.8. The van der Waals surface area contributed by atoms with Gasteiger partial charge in [-0.15, -0.1) is 0 Å². The van der Waals surface area contributed by atoms with Crippen molar-refractivity contribution < 1.29 is 9.47 Å². The third-order valence-corrected chi connectivity index (χ3v) is 2.38. The molecule has 15 heavy (non-hydrogen) atoms. The molecule has 0 aliphatic heterocycles. The van der Waals surface area contributed by atoms with Crippen molar-refractivity contribution in [3.8, 4) is 0 Å². The lowest BCUT2D eigenvalue weighted by Gasteiger charge is -2.08. The van der Waals surface area contributed by atoms with E-state index in [2.05, 4.69) is 32.1 Å². The molecule has 0 fully saturated rings. The van der Waals surface area contributed by atoms with Crippen molar-refractivity contribution in [2.45, 2.75) is 27.2 Å². The van der Waals surface area contributed by atoms with Gasteiger partial charge in [-0.25, -0.2) is 0 Å². The third kappa shape index (κ3) is 3.46. The number of rotatable bonds is 4. The van der Waals surface area contributed by atoms with Gasteiger partial charge in [0.2, 0.25) is 0 Å². The fourth-order valence-electron chi connectivity index (χ4n) is 1.45. The van der Waals surface area contributed by atoms with Gasteiger partial charge in [0, 0.05) is 6.42 Å². The molecule has 2 nitrogen and oxygen atoms in total. The van der Waals surface area contributed by atoms with E-state index in [1.54, 1.807) is 7.11 Å². The van der Waals surface area contributed by atoms with Gasteiger partial charge in [-0.1, -0.05) is 13.8 Å². The zero-order valence-corrected chi connectivity index (χ0v) is 10.0. The molecule has 0 heterocycles. The maximum atomic E-state index is 5.53. The molecule has 0 aromatic carbocycles. The first-order chi connectivity index (χ1) is 7.17. The number of hydrogen-bond acceptors (Lipinski definition) is 2. The summed E-state index contributed by atoms with van der Waals surface area (Å²) in [4.78, 5) is 0. The summed E-state index contributed by atoms with van der Waals surface area (Å²) in [6, 6.07) is 0. The molecule has 84 valence electrons. The van der Waals surface area contributed by atoms with Gasteiger partial charge < -0.3 is 9.47 Å². The molecule has 2 heteroatoms. The van der Waals surface area contributed by atoms with E-state index in [0.29, 0.717) is 12.5 Å². The minimum Gasteiger partial charge on any atom is -0.501 e. The van der Waals surface area contributed by atoms with E-state index in [9.17, 15) is 0 Å². The lowest BCUT2D eigenvalue weighted by molar-refractivity contribution is 0.239. The molecule has 1 aliphatic rings. The van der Waals surface area contributed by atoms with Crippen LogP contribution in [-0.4, -0.2) is 13.7 Å². The van der Waals surface area contributed by atoms with E-state index < -0.39 is 0 Å². The zero-order chi connectivity index (χ0) is 11.3. The van der Waals surface area contributed by atoms with E-state index in [4.69, 9.17) is 9.47 Å². The Morgan fingerprint density at radius 3 is 2.60 bits per heavy atom. The van der Waals surface area contributed by atoms with Crippen LogP contribution in [0.5, 0.6) is 0 Å². The minimum absolute atomic E-state index is 0.483. The summed E-state index contributed by atoms with van der Waals surface area (Å²) >= 11 is 0. The van der Waals surface area contributed by atoms with Crippen LogP contribution in [0, 0.1) is 5.92 Å². The Hall–Kier alpha value is -1.18. The molecule has 0 aromatic heterocycles. The smallest absolute Gasteiger partial charge is 0.116 e. The molecule has 0 aromatic rings. The highest BCUT2D eigenvalue weighted by atomic mass is 16.5. The second kappa shape index (κ2) is 5.64. The lowest BCUT2D eigenvalue weighted by Crippen LogP contribution is -1.94. The molecule has 0 radical (unpaired) electrons. The van der Waals surface area contributed by atoms with Gasteiger partial charge in [0.15, 0.2) is 0 Å². The molecule has 0 spiro atoms. The molecule has 0 amide bonds. The standard InChI is InChI=1S/C13H20O2/c1-5-15-13-7-6-12(14-4)8-11(9-13)10(2)3/h7-10H,5-6H2,1-4H3. The molecule has 0 N–H and O–H groups in total. The van der Waals surface area contributed by atoms with Gasteiger partial charge in [0.1, 0.15) is 5.76 Å². The number of allylic oxidation sites excluding steroid dienone is 4. The van der Waals surface area contributed by atoms with Gasteiger partial charge >= 0.3 is 0 Å². The summed E-state index contributed by atoms with van der Waals surface area (Å²) in [5.74, 6) is 2.42. The van der Waals surface area contributed by atoms with E-state index >= 15 is 0 Å². The van der Waals surface area contributed by atoms with Crippen LogP contribution in [0.15, 0.2) is 35.3 Å². The third-order valence-electron chi connectivity index (χ3n) is 2.38. The number of hydrogen-bond donors (Lipinski definition) is 0. The summed E-state index contributed by atoms with van der Waals surface area (Å²) in [7, 11) is 1.71. The molecule has 0 saturated carbocycles. The van der Waals surface area contributed by atoms with Crippen molar-refractivity contribution in [2.24, 2.45) is 5.92 Å². The van der Waals surface area contributed by atoms with E-state index in [1.807, 2.05) is 6.92 Å². The van der Waals surface area contributed by atoms with Crippen LogP contribution in [0.25, 0.3) is 0 Å². The largest absolute Gasteiger partial charge is 0.501 e. The Balaban J connectivity index is 2.91. The summed E-state index contributed by atoms with van der Waals surface area (Å²) in [6.07, 6.45) is 7.07. The molecular formula is C13H20O2. The van der Waals surface area contributed by atoms with Crippen molar-refractivity contribution in [3.05, 3.63) is 35.3 Å². The minimum atomic E-state index is 0.483. The van der Waals surface area contributed by atoms with Crippen LogP contribution in [0.2, 0.25) is 0 Å². The monoisotopic (exact) mass is 208 g/mol. The lowest BCUT2D eigenvalue weighted by atomic mass is 10.0. The Kier molecular flexibility index (Phi) is 4.47. The predicted octanol–water partition coefficient (Wildman–Crippen LogP) is 3.42. The SMILES string of the molecule is CCOC1=CCC(OC)=CC(C(C)C)=C1. The number of methoxy groups -OCH3 is 1. The van der Waals surface area contributed by atoms with Gasteiger partial charge in [-0.3, -0.25) is 0 Å². The highest BCUT2D eigenvalue weighted by Gasteiger charge is 2.09. The van der Waals surface area contributed by atoms with Crippen molar-refractivity contribution in [2.75, 3.05) is 13.7 Å². The summed E-state index contributed by atoms with van der Waals surface area (Å²) in [6.45, 7) is 7.05. The fraction of sp³-hybridized carbons (Fsp3) is 0.538. The topological polar surface area (TPSA) is 18.5 Å². The Morgan fingerprint density at radius 2 is 2.07 bits per heavy atom. The first-order valence-electron chi connectivity index (χ1n) is 5.46. The first-order valence-corrected chi connectivity index (χ1v) is 5.46. The van der Waals surface area contributed by atoms with Crippen molar-refractivity contribution in [1.82, 2.24) is 0 Å². The Labute approximate surface area is 92.3 Å². The quantitative estimate of drug-likeness (QED) is 0.704. The summed E-state index contributed by atoms with van der Waals surface area (Å²) in [5, 5.41) is 0. The van der Waals surface area contributed by atoms with E-state index in [0.717, 1.165) is 17.9 Å². The van der Waals surface area contributed by atoms with Crippen LogP contribution in [0.4, 0.5) is 0 Å². The van der Waals surface area contributed by atoms with Crippen LogP contribution in [0.3, 0.4) is 0 Å². The highest BCUT2D eigenvalue weighted by Crippen LogP contribution is 2.22. The fourth-order valence-corrected chi connectivity index (χ4v) is 1.45. The van der Waals surface area contributed by atoms with Crippen LogP contribution < -0.4 is 0 Å². The normalized spacial score (nSPS) is 16.5. The van der Waals surface area contributed by atoms with E-state index in [-0.39, 0.29) is 0 Å². The van der Waals surface area contributed by atoms with E-state index in [1.165, 1.54) is 5.57 Å². The molecular weight excluding hydrogens is 188 g/mol. The molecule has 0 unspecified atom stereocenters. The predicted molar refractivity (Wildman–Crippen MR) is 62.3 cm³/mol. The van der Waals surface area contributed by atoms with Crippen LogP contribution in [0.1, 0.15) is 27.2 Å². The zero-order valence-electron chi connectivity index (χ0n) is 10.0.